The maximum absolute atomic E-state index is 14.5. The molecule has 1 atom stereocenters. The molecule has 5 aromatic carbocycles. The zero-order chi connectivity index (χ0) is 42.4. The van der Waals surface area contributed by atoms with Crippen LogP contribution in [0.4, 0.5) is 5.69 Å². The van der Waals surface area contributed by atoms with Crippen LogP contribution in [-0.2, 0) is 44.5 Å². The Kier molecular flexibility index (Phi) is 12.8. The van der Waals surface area contributed by atoms with Gasteiger partial charge in [0, 0.05) is 37.3 Å². The second kappa shape index (κ2) is 18.1. The van der Waals surface area contributed by atoms with Crippen LogP contribution < -0.4 is 19.1 Å². The number of hydrogen-bond acceptors (Lipinski definition) is 9. The number of carbonyl (C=O) groups is 1. The van der Waals surface area contributed by atoms with Gasteiger partial charge in [0.1, 0.15) is 27.9 Å². The summed E-state index contributed by atoms with van der Waals surface area (Å²) in [5.74, 6) is 0.982. The molecule has 0 N–H and O–H groups in total. The highest BCUT2D eigenvalue weighted by Crippen LogP contribution is 2.42. The van der Waals surface area contributed by atoms with Crippen LogP contribution in [0.3, 0.4) is 0 Å². The molecular formula is C46H47N3O9S2. The molecule has 1 amide bonds. The van der Waals surface area contributed by atoms with Gasteiger partial charge in [0.15, 0.2) is 0 Å². The van der Waals surface area contributed by atoms with Crippen molar-refractivity contribution >= 4 is 31.6 Å². The summed E-state index contributed by atoms with van der Waals surface area (Å²) in [7, 11) is -3.74. The number of fused-ring (bicyclic) bond motifs is 1. The molecule has 1 aliphatic rings. The lowest BCUT2D eigenvalue weighted by molar-refractivity contribution is -0.119. The quantitative estimate of drug-likeness (QED) is 0.0958. The average molecular weight is 850 g/mol. The first-order chi connectivity index (χ1) is 28.9. The number of rotatable bonds is 16. The van der Waals surface area contributed by atoms with Crippen LogP contribution >= 0.6 is 0 Å². The number of methoxy groups -OCH3 is 3. The van der Waals surface area contributed by atoms with E-state index in [0.29, 0.717) is 35.9 Å². The number of sulfonamides is 2. The second-order valence-electron chi connectivity index (χ2n) is 14.5. The Labute approximate surface area is 351 Å². The van der Waals surface area contributed by atoms with Gasteiger partial charge in [-0.25, -0.2) is 16.8 Å². The Hall–Kier alpha value is -5.93. The van der Waals surface area contributed by atoms with Gasteiger partial charge in [-0.3, -0.25) is 4.79 Å². The average Bonchev–Trinajstić information content (AvgIpc) is 3.79. The lowest BCUT2D eigenvalue weighted by Crippen LogP contribution is -2.45. The van der Waals surface area contributed by atoms with Crippen LogP contribution in [-0.4, -0.2) is 65.8 Å². The molecule has 0 saturated heterocycles. The minimum Gasteiger partial charge on any atom is -0.497 e. The Morgan fingerprint density at radius 3 is 2.10 bits per heavy atom. The van der Waals surface area contributed by atoms with Crippen molar-refractivity contribution in [1.82, 2.24) is 8.61 Å². The van der Waals surface area contributed by atoms with Gasteiger partial charge >= 0.3 is 0 Å². The maximum atomic E-state index is 14.5. The lowest BCUT2D eigenvalue weighted by atomic mass is 9.83. The Bertz CT molecular complexity index is 2650. The molecule has 12 nitrogen and oxygen atoms in total. The van der Waals surface area contributed by atoms with Gasteiger partial charge in [0.2, 0.25) is 26.0 Å². The van der Waals surface area contributed by atoms with Crippen molar-refractivity contribution in [3.8, 4) is 17.2 Å². The summed E-state index contributed by atoms with van der Waals surface area (Å²) in [6.45, 7) is 1.77. The first-order valence-corrected chi connectivity index (χ1v) is 22.2. The van der Waals surface area contributed by atoms with E-state index in [1.165, 1.54) is 43.0 Å². The molecule has 1 aromatic heterocycles. The number of ether oxygens (including phenoxy) is 3. The van der Waals surface area contributed by atoms with Gasteiger partial charge in [-0.2, -0.15) is 8.61 Å². The zero-order valence-electron chi connectivity index (χ0n) is 33.9. The summed E-state index contributed by atoms with van der Waals surface area (Å²) in [6.07, 6.45) is 1.97. The first-order valence-electron chi connectivity index (χ1n) is 19.3. The number of carbonyl (C=O) groups excluding carboxylic acids is 1. The van der Waals surface area contributed by atoms with E-state index >= 15 is 0 Å². The van der Waals surface area contributed by atoms with Crippen molar-refractivity contribution in [2.45, 2.75) is 48.7 Å². The van der Waals surface area contributed by atoms with Crippen LogP contribution in [0.1, 0.15) is 45.9 Å². The van der Waals surface area contributed by atoms with Crippen LogP contribution in [0.5, 0.6) is 17.2 Å². The summed E-state index contributed by atoms with van der Waals surface area (Å²) < 4.78 is 81.7. The SMILES string of the molecule is COc1ccc2c(c1)C(c1cccc(CN(Cc3ccccc3)S(=O)(=O)c3cc(OC)ccc3OC)c1)CCN2C(=O)CN(Cc1ccco1)S(=O)(=O)c1ccc(C)cc1. The number of hydrogen-bond donors (Lipinski definition) is 0. The van der Waals surface area contributed by atoms with Crippen LogP contribution in [0.2, 0.25) is 0 Å². The van der Waals surface area contributed by atoms with E-state index in [1.807, 2.05) is 73.7 Å². The molecule has 6 aromatic rings. The van der Waals surface area contributed by atoms with Gasteiger partial charge in [0.05, 0.1) is 45.6 Å². The molecule has 0 saturated carbocycles. The van der Waals surface area contributed by atoms with E-state index in [1.54, 1.807) is 54.5 Å². The molecule has 60 heavy (non-hydrogen) atoms. The topological polar surface area (TPSA) is 136 Å². The minimum atomic E-state index is -4.13. The molecule has 1 aliphatic heterocycles. The Balaban J connectivity index is 1.20. The van der Waals surface area contributed by atoms with Crippen LogP contribution in [0.25, 0.3) is 0 Å². The monoisotopic (exact) mass is 849 g/mol. The second-order valence-corrected chi connectivity index (χ2v) is 18.3. The highest BCUT2D eigenvalue weighted by atomic mass is 32.2. The molecule has 2 heterocycles. The van der Waals surface area contributed by atoms with Gasteiger partial charge in [-0.1, -0.05) is 72.3 Å². The smallest absolute Gasteiger partial charge is 0.247 e. The van der Waals surface area contributed by atoms with Gasteiger partial charge in [-0.15, -0.1) is 0 Å². The summed E-state index contributed by atoms with van der Waals surface area (Å²) in [5.41, 5.74) is 4.85. The van der Waals surface area contributed by atoms with Crippen molar-refractivity contribution in [2.75, 3.05) is 39.3 Å². The number of aryl methyl sites for hydroxylation is 1. The fourth-order valence-corrected chi connectivity index (χ4v) is 10.4. The highest BCUT2D eigenvalue weighted by Gasteiger charge is 2.35. The van der Waals surface area contributed by atoms with Crippen molar-refractivity contribution in [3.63, 3.8) is 0 Å². The summed E-state index contributed by atoms with van der Waals surface area (Å²) in [4.78, 5) is 16.0. The first kappa shape index (κ1) is 42.2. The third-order valence-electron chi connectivity index (χ3n) is 10.6. The number of anilines is 1. The molecule has 7 rings (SSSR count). The Morgan fingerprint density at radius 1 is 0.700 bits per heavy atom. The molecule has 14 heteroatoms. The third-order valence-corrected chi connectivity index (χ3v) is 14.2. The molecule has 0 fully saturated rings. The molecule has 0 bridgehead atoms. The van der Waals surface area contributed by atoms with E-state index in [0.717, 1.165) is 32.1 Å². The highest BCUT2D eigenvalue weighted by molar-refractivity contribution is 7.89. The van der Waals surface area contributed by atoms with Gasteiger partial charge in [-0.05, 0) is 90.2 Å². The van der Waals surface area contributed by atoms with Crippen LogP contribution in [0.15, 0.2) is 148 Å². The number of nitrogens with zero attached hydrogens (tertiary/aromatic N) is 3. The molecule has 0 aliphatic carbocycles. The predicted octanol–water partition coefficient (Wildman–Crippen LogP) is 7.76. The number of amides is 1. The summed E-state index contributed by atoms with van der Waals surface area (Å²) in [5, 5.41) is 0. The summed E-state index contributed by atoms with van der Waals surface area (Å²) >= 11 is 0. The summed E-state index contributed by atoms with van der Waals surface area (Å²) in [6, 6.07) is 37.3. The minimum absolute atomic E-state index is 0.0103. The van der Waals surface area contributed by atoms with Crippen molar-refractivity contribution in [3.05, 3.63) is 167 Å². The fourth-order valence-electron chi connectivity index (χ4n) is 7.47. The van der Waals surface area contributed by atoms with Crippen molar-refractivity contribution in [2.24, 2.45) is 0 Å². The van der Waals surface area contributed by atoms with E-state index < -0.39 is 32.5 Å². The molecule has 0 radical (unpaired) electrons. The van der Waals surface area contributed by atoms with E-state index in [2.05, 4.69) is 0 Å². The molecule has 1 unspecified atom stereocenters. The lowest BCUT2D eigenvalue weighted by Gasteiger charge is -2.36. The van der Waals surface area contributed by atoms with Gasteiger partial charge < -0.3 is 23.5 Å². The maximum Gasteiger partial charge on any atom is 0.247 e. The normalized spacial score (nSPS) is 14.2. The number of furan rings is 1. The van der Waals surface area contributed by atoms with E-state index in [-0.39, 0.29) is 41.1 Å². The molecular weight excluding hydrogens is 803 g/mol. The van der Waals surface area contributed by atoms with Crippen LogP contribution in [0, 0.1) is 6.92 Å². The van der Waals surface area contributed by atoms with Crippen molar-refractivity contribution in [1.29, 1.82) is 0 Å². The van der Waals surface area contributed by atoms with Gasteiger partial charge in [0.25, 0.3) is 0 Å². The van der Waals surface area contributed by atoms with E-state index in [4.69, 9.17) is 18.6 Å². The third kappa shape index (κ3) is 9.11. The molecule has 0 spiro atoms. The van der Waals surface area contributed by atoms with Crippen molar-refractivity contribution < 1.29 is 40.3 Å². The number of benzene rings is 5. The largest absolute Gasteiger partial charge is 0.497 e. The van der Waals surface area contributed by atoms with E-state index in [9.17, 15) is 21.6 Å². The Morgan fingerprint density at radius 2 is 1.40 bits per heavy atom. The standard InChI is InChI=1S/C46H47N3O9S2/c1-33-15-19-40(20-16-33)59(51,52)48(31-39-14-9-25-58-39)32-46(50)49-24-23-41(42-27-37(55-2)17-21-43(42)49)36-13-8-12-35(26-36)30-47(29-34-10-6-5-7-11-34)60(53,54)45-28-38(56-3)18-22-44(45)57-4/h5-22,25-28,41H,23-24,29-32H2,1-4H3. The molecule has 312 valence electrons. The fraction of sp³-hybridized carbons (Fsp3) is 0.239. The zero-order valence-corrected chi connectivity index (χ0v) is 35.5. The predicted molar refractivity (Wildman–Crippen MR) is 228 cm³/mol.